The highest BCUT2D eigenvalue weighted by atomic mass is 19.1. The number of fused-ring (bicyclic) bond motifs is 1. The SMILES string of the molecule is O=C(c1cccc(F)c1)n1cc(CO)c2ccccc21. The van der Waals surface area contributed by atoms with Gasteiger partial charge in [0.15, 0.2) is 0 Å². The third kappa shape index (κ3) is 2.00. The number of halogens is 1. The Morgan fingerprint density at radius 3 is 2.70 bits per heavy atom. The molecule has 0 radical (unpaired) electrons. The molecule has 1 heterocycles. The van der Waals surface area contributed by atoms with Crippen molar-refractivity contribution in [3.8, 4) is 0 Å². The van der Waals surface area contributed by atoms with E-state index >= 15 is 0 Å². The number of aromatic nitrogens is 1. The molecular weight excluding hydrogens is 257 g/mol. The lowest BCUT2D eigenvalue weighted by atomic mass is 10.2. The molecule has 20 heavy (non-hydrogen) atoms. The summed E-state index contributed by atoms with van der Waals surface area (Å²) in [5, 5.41) is 10.2. The van der Waals surface area contributed by atoms with Crippen LogP contribution in [0.25, 0.3) is 10.9 Å². The second-order valence-electron chi connectivity index (χ2n) is 4.52. The molecule has 3 nitrogen and oxygen atoms in total. The van der Waals surface area contributed by atoms with Gasteiger partial charge >= 0.3 is 0 Å². The van der Waals surface area contributed by atoms with Gasteiger partial charge in [0.1, 0.15) is 5.82 Å². The van der Waals surface area contributed by atoms with Gasteiger partial charge in [-0.1, -0.05) is 24.3 Å². The van der Waals surface area contributed by atoms with E-state index in [-0.39, 0.29) is 18.1 Å². The number of benzene rings is 2. The number of carbonyl (C=O) groups is 1. The van der Waals surface area contributed by atoms with Crippen molar-refractivity contribution in [3.05, 3.63) is 71.7 Å². The summed E-state index contributed by atoms with van der Waals surface area (Å²) < 4.78 is 14.7. The highest BCUT2D eigenvalue weighted by Crippen LogP contribution is 2.22. The number of aliphatic hydroxyl groups is 1. The molecule has 100 valence electrons. The Balaban J connectivity index is 2.17. The summed E-state index contributed by atoms with van der Waals surface area (Å²) in [6.45, 7) is -0.149. The molecule has 0 aliphatic heterocycles. The molecule has 0 amide bonds. The molecule has 1 N–H and O–H groups in total. The first-order valence-electron chi connectivity index (χ1n) is 6.21. The molecule has 0 fully saturated rings. The highest BCUT2D eigenvalue weighted by Gasteiger charge is 2.14. The fourth-order valence-corrected chi connectivity index (χ4v) is 2.30. The number of para-hydroxylation sites is 1. The van der Waals surface area contributed by atoms with E-state index in [1.165, 1.54) is 22.8 Å². The quantitative estimate of drug-likeness (QED) is 0.777. The van der Waals surface area contributed by atoms with Gasteiger partial charge < -0.3 is 5.11 Å². The van der Waals surface area contributed by atoms with Crippen LogP contribution >= 0.6 is 0 Å². The number of nitrogens with zero attached hydrogens (tertiary/aromatic N) is 1. The lowest BCUT2D eigenvalue weighted by Gasteiger charge is -2.04. The second kappa shape index (κ2) is 4.90. The zero-order valence-electron chi connectivity index (χ0n) is 10.6. The van der Waals surface area contributed by atoms with Crippen LogP contribution in [0.3, 0.4) is 0 Å². The molecular formula is C16H12FNO2. The third-order valence-corrected chi connectivity index (χ3v) is 3.26. The van der Waals surface area contributed by atoms with Crippen molar-refractivity contribution in [1.82, 2.24) is 4.57 Å². The molecule has 0 saturated carbocycles. The molecule has 0 aliphatic carbocycles. The minimum Gasteiger partial charge on any atom is -0.392 e. The predicted octanol–water partition coefficient (Wildman–Crippen LogP) is 2.96. The summed E-state index contributed by atoms with van der Waals surface area (Å²) in [6, 6.07) is 12.9. The van der Waals surface area contributed by atoms with Crippen molar-refractivity contribution >= 4 is 16.8 Å². The van der Waals surface area contributed by atoms with Crippen LogP contribution < -0.4 is 0 Å². The fourth-order valence-electron chi connectivity index (χ4n) is 2.30. The molecule has 0 aliphatic rings. The van der Waals surface area contributed by atoms with E-state index in [0.29, 0.717) is 11.1 Å². The van der Waals surface area contributed by atoms with Crippen LogP contribution in [0.4, 0.5) is 4.39 Å². The molecule has 0 atom stereocenters. The standard InChI is InChI=1S/C16H12FNO2/c17-13-5-3-4-11(8-13)16(20)18-9-12(10-19)14-6-1-2-7-15(14)18/h1-9,19H,10H2. The maximum atomic E-state index is 13.2. The summed E-state index contributed by atoms with van der Waals surface area (Å²) in [5.74, 6) is -0.768. The van der Waals surface area contributed by atoms with Crippen molar-refractivity contribution in [2.75, 3.05) is 0 Å². The first-order valence-corrected chi connectivity index (χ1v) is 6.21. The zero-order chi connectivity index (χ0) is 14.1. The van der Waals surface area contributed by atoms with Crippen molar-refractivity contribution < 1.29 is 14.3 Å². The summed E-state index contributed by atoms with van der Waals surface area (Å²) >= 11 is 0. The Morgan fingerprint density at radius 1 is 1.15 bits per heavy atom. The predicted molar refractivity (Wildman–Crippen MR) is 74.0 cm³/mol. The third-order valence-electron chi connectivity index (χ3n) is 3.26. The fraction of sp³-hybridized carbons (Fsp3) is 0.0625. The first-order chi connectivity index (χ1) is 9.70. The van der Waals surface area contributed by atoms with E-state index < -0.39 is 5.82 Å². The smallest absolute Gasteiger partial charge is 0.262 e. The second-order valence-corrected chi connectivity index (χ2v) is 4.52. The van der Waals surface area contributed by atoms with Gasteiger partial charge in [-0.15, -0.1) is 0 Å². The van der Waals surface area contributed by atoms with Gasteiger partial charge in [0.25, 0.3) is 5.91 Å². The molecule has 4 heteroatoms. The maximum absolute atomic E-state index is 13.2. The summed E-state index contributed by atoms with van der Waals surface area (Å²) in [6.07, 6.45) is 1.60. The van der Waals surface area contributed by atoms with E-state index in [1.807, 2.05) is 18.2 Å². The lowest BCUT2D eigenvalue weighted by molar-refractivity contribution is 0.0964. The molecule has 3 rings (SSSR count). The molecule has 1 aromatic heterocycles. The van der Waals surface area contributed by atoms with Crippen molar-refractivity contribution in [2.45, 2.75) is 6.61 Å². The van der Waals surface area contributed by atoms with E-state index in [0.717, 1.165) is 5.39 Å². The van der Waals surface area contributed by atoms with Crippen molar-refractivity contribution in [2.24, 2.45) is 0 Å². The Hall–Kier alpha value is -2.46. The minimum atomic E-state index is -0.449. The van der Waals surface area contributed by atoms with Crippen LogP contribution in [0.5, 0.6) is 0 Å². The molecule has 3 aromatic rings. The van der Waals surface area contributed by atoms with E-state index in [2.05, 4.69) is 0 Å². The van der Waals surface area contributed by atoms with Crippen molar-refractivity contribution in [1.29, 1.82) is 0 Å². The maximum Gasteiger partial charge on any atom is 0.262 e. The number of hydrogen-bond acceptors (Lipinski definition) is 2. The largest absolute Gasteiger partial charge is 0.392 e. The van der Waals surface area contributed by atoms with Crippen LogP contribution in [0.15, 0.2) is 54.7 Å². The average molecular weight is 269 g/mol. The molecule has 0 bridgehead atoms. The van der Waals surface area contributed by atoms with Gasteiger partial charge in [-0.3, -0.25) is 9.36 Å². The Bertz CT molecular complexity index is 792. The monoisotopic (exact) mass is 269 g/mol. The zero-order valence-corrected chi connectivity index (χ0v) is 10.6. The van der Waals surface area contributed by atoms with Crippen LogP contribution in [0, 0.1) is 5.82 Å². The Labute approximate surface area is 114 Å². The topological polar surface area (TPSA) is 42.2 Å². The Morgan fingerprint density at radius 2 is 1.95 bits per heavy atom. The van der Waals surface area contributed by atoms with Gasteiger partial charge in [0.05, 0.1) is 12.1 Å². The molecule has 2 aromatic carbocycles. The summed E-state index contributed by atoms with van der Waals surface area (Å²) in [5.41, 5.74) is 1.64. The number of hydrogen-bond donors (Lipinski definition) is 1. The van der Waals surface area contributed by atoms with Crippen molar-refractivity contribution in [3.63, 3.8) is 0 Å². The Kier molecular flexibility index (Phi) is 3.08. The molecule has 0 saturated heterocycles. The van der Waals surface area contributed by atoms with E-state index in [4.69, 9.17) is 0 Å². The van der Waals surface area contributed by atoms with Gasteiger partial charge in [-0.25, -0.2) is 4.39 Å². The van der Waals surface area contributed by atoms with Crippen LogP contribution in [-0.2, 0) is 6.61 Å². The molecule has 0 unspecified atom stereocenters. The van der Waals surface area contributed by atoms with Gasteiger partial charge in [0, 0.05) is 22.7 Å². The van der Waals surface area contributed by atoms with Gasteiger partial charge in [-0.2, -0.15) is 0 Å². The summed E-state index contributed by atoms with van der Waals surface area (Å²) in [7, 11) is 0. The normalized spacial score (nSPS) is 10.9. The number of aliphatic hydroxyl groups excluding tert-OH is 1. The van der Waals surface area contributed by atoms with Crippen LogP contribution in [0.1, 0.15) is 15.9 Å². The van der Waals surface area contributed by atoms with E-state index in [9.17, 15) is 14.3 Å². The van der Waals surface area contributed by atoms with Gasteiger partial charge in [0.2, 0.25) is 0 Å². The number of carbonyl (C=O) groups excluding carboxylic acids is 1. The van der Waals surface area contributed by atoms with E-state index in [1.54, 1.807) is 18.3 Å². The van der Waals surface area contributed by atoms with Crippen LogP contribution in [-0.4, -0.2) is 15.6 Å². The minimum absolute atomic E-state index is 0.149. The average Bonchev–Trinajstić information content (AvgIpc) is 2.85. The first kappa shape index (κ1) is 12.6. The van der Waals surface area contributed by atoms with Crippen LogP contribution in [0.2, 0.25) is 0 Å². The molecule has 0 spiro atoms. The highest BCUT2D eigenvalue weighted by molar-refractivity contribution is 6.02. The van der Waals surface area contributed by atoms with Gasteiger partial charge in [-0.05, 0) is 24.3 Å². The number of rotatable bonds is 2. The lowest BCUT2D eigenvalue weighted by Crippen LogP contribution is -2.10. The summed E-state index contributed by atoms with van der Waals surface area (Å²) in [4.78, 5) is 12.5.